The number of nitrogens with zero attached hydrogens (tertiary/aromatic N) is 1. The maximum atomic E-state index is 12.8. The number of carbonyl (C=O) groups is 2. The summed E-state index contributed by atoms with van der Waals surface area (Å²) in [5, 5.41) is 2.79. The van der Waals surface area contributed by atoms with Crippen LogP contribution >= 0.6 is 0 Å². The number of carbonyl (C=O) groups excluding carboxylic acids is 2. The molecule has 2 rings (SSSR count). The molecule has 2 amide bonds. The zero-order valence-corrected chi connectivity index (χ0v) is 12.6. The molecule has 0 spiro atoms. The highest BCUT2D eigenvalue weighted by Crippen LogP contribution is 2.31. The van der Waals surface area contributed by atoms with Crippen molar-refractivity contribution in [3.8, 4) is 12.3 Å². The van der Waals surface area contributed by atoms with Gasteiger partial charge in [-0.25, -0.2) is 0 Å². The van der Waals surface area contributed by atoms with Gasteiger partial charge in [-0.3, -0.25) is 9.59 Å². The molecular formula is C17H20N2O2. The Labute approximate surface area is 125 Å². The normalized spacial score (nSPS) is 22.4. The van der Waals surface area contributed by atoms with Crippen LogP contribution in [0.1, 0.15) is 38.8 Å². The zero-order chi connectivity index (χ0) is 15.6. The second-order valence-electron chi connectivity index (χ2n) is 5.73. The third-order valence-electron chi connectivity index (χ3n) is 3.76. The summed E-state index contributed by atoms with van der Waals surface area (Å²) in [5.74, 6) is 2.29. The number of nitrogens with one attached hydrogen (secondary N) is 1. The van der Waals surface area contributed by atoms with Crippen molar-refractivity contribution in [1.29, 1.82) is 0 Å². The molecule has 1 saturated heterocycles. The highest BCUT2D eigenvalue weighted by Gasteiger charge is 2.47. The van der Waals surface area contributed by atoms with E-state index in [1.54, 1.807) is 18.7 Å². The van der Waals surface area contributed by atoms with E-state index in [0.717, 1.165) is 5.56 Å². The van der Waals surface area contributed by atoms with Gasteiger partial charge in [0.15, 0.2) is 0 Å². The molecule has 0 saturated carbocycles. The van der Waals surface area contributed by atoms with E-state index < -0.39 is 17.6 Å². The van der Waals surface area contributed by atoms with E-state index in [0.29, 0.717) is 6.42 Å². The van der Waals surface area contributed by atoms with Crippen molar-refractivity contribution in [2.24, 2.45) is 0 Å². The molecule has 1 fully saturated rings. The molecule has 0 aromatic heterocycles. The van der Waals surface area contributed by atoms with Gasteiger partial charge in [0.2, 0.25) is 11.8 Å². The Kier molecular flexibility index (Phi) is 4.04. The molecule has 4 heteroatoms. The molecular weight excluding hydrogens is 264 g/mol. The van der Waals surface area contributed by atoms with Crippen molar-refractivity contribution in [2.45, 2.75) is 44.8 Å². The summed E-state index contributed by atoms with van der Waals surface area (Å²) in [6.45, 7) is 5.31. The van der Waals surface area contributed by atoms with Crippen LogP contribution in [0.15, 0.2) is 30.3 Å². The number of amides is 2. The van der Waals surface area contributed by atoms with E-state index >= 15 is 0 Å². The van der Waals surface area contributed by atoms with E-state index in [2.05, 4.69) is 11.2 Å². The van der Waals surface area contributed by atoms with Crippen molar-refractivity contribution >= 4 is 11.8 Å². The third-order valence-corrected chi connectivity index (χ3v) is 3.76. The molecule has 4 nitrogen and oxygen atoms in total. The molecule has 0 bridgehead atoms. The number of hydrogen-bond donors (Lipinski definition) is 1. The SMILES string of the molecule is C#CC(CC)N1C(=O)C(C)(C)NC(=O)C1c1ccccc1. The van der Waals surface area contributed by atoms with Gasteiger partial charge in [-0.1, -0.05) is 43.2 Å². The average Bonchev–Trinajstić information content (AvgIpc) is 2.46. The largest absolute Gasteiger partial charge is 0.340 e. The van der Waals surface area contributed by atoms with Crippen LogP contribution in [0.25, 0.3) is 0 Å². The summed E-state index contributed by atoms with van der Waals surface area (Å²) in [4.78, 5) is 26.8. The Morgan fingerprint density at radius 2 is 1.95 bits per heavy atom. The lowest BCUT2D eigenvalue weighted by Gasteiger charge is -2.45. The summed E-state index contributed by atoms with van der Waals surface area (Å²) in [7, 11) is 0. The van der Waals surface area contributed by atoms with Crippen LogP contribution in [-0.4, -0.2) is 28.3 Å². The average molecular weight is 284 g/mol. The number of rotatable bonds is 3. The number of piperazine rings is 1. The lowest BCUT2D eigenvalue weighted by molar-refractivity contribution is -0.155. The van der Waals surface area contributed by atoms with Crippen molar-refractivity contribution in [3.05, 3.63) is 35.9 Å². The molecule has 0 radical (unpaired) electrons. The summed E-state index contributed by atoms with van der Waals surface area (Å²) < 4.78 is 0. The van der Waals surface area contributed by atoms with Crippen LogP contribution in [0.4, 0.5) is 0 Å². The quantitative estimate of drug-likeness (QED) is 0.862. The second-order valence-corrected chi connectivity index (χ2v) is 5.73. The lowest BCUT2D eigenvalue weighted by Crippen LogP contribution is -2.66. The molecule has 1 N–H and O–H groups in total. The fourth-order valence-corrected chi connectivity index (χ4v) is 2.66. The minimum Gasteiger partial charge on any atom is -0.340 e. The Morgan fingerprint density at radius 3 is 2.48 bits per heavy atom. The smallest absolute Gasteiger partial charge is 0.249 e. The number of benzene rings is 1. The van der Waals surface area contributed by atoms with Crippen LogP contribution in [0.2, 0.25) is 0 Å². The predicted octanol–water partition coefficient (Wildman–Crippen LogP) is 1.88. The van der Waals surface area contributed by atoms with E-state index in [9.17, 15) is 9.59 Å². The topological polar surface area (TPSA) is 49.4 Å². The van der Waals surface area contributed by atoms with Gasteiger partial charge in [-0.05, 0) is 25.8 Å². The fraction of sp³-hybridized carbons (Fsp3) is 0.412. The van der Waals surface area contributed by atoms with Crippen LogP contribution in [0.3, 0.4) is 0 Å². The van der Waals surface area contributed by atoms with E-state index in [1.807, 2.05) is 37.3 Å². The molecule has 1 aliphatic heterocycles. The standard InChI is InChI=1S/C17H20N2O2/c1-5-13(6-2)19-14(12-10-8-7-9-11-12)15(20)18-17(3,4)16(19)21/h1,7-11,13-14H,6H2,2-4H3,(H,18,20). The van der Waals surface area contributed by atoms with Gasteiger partial charge >= 0.3 is 0 Å². The van der Waals surface area contributed by atoms with Crippen molar-refractivity contribution in [2.75, 3.05) is 0 Å². The van der Waals surface area contributed by atoms with Crippen LogP contribution in [0.5, 0.6) is 0 Å². The summed E-state index contributed by atoms with van der Waals surface area (Å²) >= 11 is 0. The van der Waals surface area contributed by atoms with Gasteiger partial charge in [0.25, 0.3) is 0 Å². The lowest BCUT2D eigenvalue weighted by atomic mass is 9.91. The molecule has 110 valence electrons. The molecule has 1 aromatic rings. The van der Waals surface area contributed by atoms with Gasteiger partial charge in [-0.2, -0.15) is 0 Å². The first-order valence-electron chi connectivity index (χ1n) is 7.08. The first kappa shape index (κ1) is 15.1. The molecule has 2 unspecified atom stereocenters. The van der Waals surface area contributed by atoms with Gasteiger partial charge in [0, 0.05) is 0 Å². The Morgan fingerprint density at radius 1 is 1.33 bits per heavy atom. The van der Waals surface area contributed by atoms with Crippen molar-refractivity contribution in [3.63, 3.8) is 0 Å². The Hall–Kier alpha value is -2.28. The number of terminal acetylenes is 1. The molecule has 21 heavy (non-hydrogen) atoms. The first-order chi connectivity index (χ1) is 9.92. The monoisotopic (exact) mass is 284 g/mol. The van der Waals surface area contributed by atoms with E-state index in [1.165, 1.54) is 0 Å². The van der Waals surface area contributed by atoms with Gasteiger partial charge in [-0.15, -0.1) is 6.42 Å². The van der Waals surface area contributed by atoms with E-state index in [4.69, 9.17) is 6.42 Å². The molecule has 0 aliphatic carbocycles. The summed E-state index contributed by atoms with van der Waals surface area (Å²) in [6, 6.07) is 8.18. The maximum absolute atomic E-state index is 12.8. The van der Waals surface area contributed by atoms with E-state index in [-0.39, 0.29) is 11.8 Å². The van der Waals surface area contributed by atoms with Crippen molar-refractivity contribution in [1.82, 2.24) is 10.2 Å². The zero-order valence-electron chi connectivity index (χ0n) is 12.6. The van der Waals surface area contributed by atoms with Gasteiger partial charge < -0.3 is 10.2 Å². The highest BCUT2D eigenvalue weighted by molar-refractivity contribution is 6.00. The van der Waals surface area contributed by atoms with Gasteiger partial charge in [0.05, 0.1) is 6.04 Å². The summed E-state index contributed by atoms with van der Waals surface area (Å²) in [5.41, 5.74) is -0.167. The first-order valence-corrected chi connectivity index (χ1v) is 7.08. The highest BCUT2D eigenvalue weighted by atomic mass is 16.2. The third kappa shape index (κ3) is 2.64. The molecule has 1 heterocycles. The van der Waals surface area contributed by atoms with Crippen molar-refractivity contribution < 1.29 is 9.59 Å². The summed E-state index contributed by atoms with van der Waals surface area (Å²) in [6.07, 6.45) is 6.18. The molecule has 1 aromatic carbocycles. The minimum absolute atomic E-state index is 0.152. The minimum atomic E-state index is -0.938. The fourth-order valence-electron chi connectivity index (χ4n) is 2.66. The molecule has 1 aliphatic rings. The Balaban J connectivity index is 2.52. The Bertz CT molecular complexity index is 587. The van der Waals surface area contributed by atoms with Crippen LogP contribution in [0, 0.1) is 12.3 Å². The second kappa shape index (κ2) is 5.61. The van der Waals surface area contributed by atoms with Crippen LogP contribution in [-0.2, 0) is 9.59 Å². The maximum Gasteiger partial charge on any atom is 0.249 e. The van der Waals surface area contributed by atoms with Crippen LogP contribution < -0.4 is 5.32 Å². The number of hydrogen-bond acceptors (Lipinski definition) is 2. The molecule has 2 atom stereocenters. The predicted molar refractivity (Wildman–Crippen MR) is 81.2 cm³/mol. The van der Waals surface area contributed by atoms with Gasteiger partial charge in [0.1, 0.15) is 11.6 Å².